The molecule has 1 aromatic rings. The zero-order valence-electron chi connectivity index (χ0n) is 12.3. The lowest BCUT2D eigenvalue weighted by molar-refractivity contribution is 0.208. The molecule has 106 valence electrons. The monoisotopic (exact) mass is 263 g/mol. The molecule has 0 saturated carbocycles. The van der Waals surface area contributed by atoms with Crippen LogP contribution in [0.3, 0.4) is 0 Å². The molecule has 1 N–H and O–H groups in total. The lowest BCUT2D eigenvalue weighted by atomic mass is 10.2. The van der Waals surface area contributed by atoms with Crippen LogP contribution in [-0.4, -0.2) is 53.6 Å². The van der Waals surface area contributed by atoms with Crippen LogP contribution in [0.2, 0.25) is 0 Å². The van der Waals surface area contributed by atoms with E-state index in [4.69, 9.17) is 0 Å². The van der Waals surface area contributed by atoms with E-state index in [0.29, 0.717) is 6.04 Å². The van der Waals surface area contributed by atoms with Gasteiger partial charge in [-0.05, 0) is 20.4 Å². The fraction of sp³-hybridized carbons (Fsp3) is 0.714. The van der Waals surface area contributed by atoms with Crippen LogP contribution in [0.1, 0.15) is 26.3 Å². The third-order valence-corrected chi connectivity index (χ3v) is 3.60. The van der Waals surface area contributed by atoms with Gasteiger partial charge in [-0.1, -0.05) is 6.92 Å². The molecule has 5 heteroatoms. The Morgan fingerprint density at radius 3 is 2.32 bits per heavy atom. The standard InChI is InChI=1S/C14H25N5/c1-4-15-9-13-10-16-14(17-11-13)19-7-5-18(6-8-19)12(2)3/h10-12,15H,4-9H2,1-3H3. The molecule has 2 heterocycles. The Morgan fingerprint density at radius 1 is 1.16 bits per heavy atom. The van der Waals surface area contributed by atoms with Crippen LogP contribution < -0.4 is 10.2 Å². The van der Waals surface area contributed by atoms with E-state index in [9.17, 15) is 0 Å². The third-order valence-electron chi connectivity index (χ3n) is 3.60. The molecule has 1 aliphatic heterocycles. The van der Waals surface area contributed by atoms with Gasteiger partial charge < -0.3 is 10.2 Å². The molecular formula is C14H25N5. The van der Waals surface area contributed by atoms with E-state index >= 15 is 0 Å². The van der Waals surface area contributed by atoms with Gasteiger partial charge in [-0.15, -0.1) is 0 Å². The van der Waals surface area contributed by atoms with E-state index in [1.807, 2.05) is 12.4 Å². The van der Waals surface area contributed by atoms with Gasteiger partial charge in [0.15, 0.2) is 0 Å². The van der Waals surface area contributed by atoms with Crippen molar-refractivity contribution < 1.29 is 0 Å². The Balaban J connectivity index is 1.89. The first-order chi connectivity index (χ1) is 9.20. The lowest BCUT2D eigenvalue weighted by Gasteiger charge is -2.36. The van der Waals surface area contributed by atoms with Gasteiger partial charge in [0.1, 0.15) is 0 Å². The maximum Gasteiger partial charge on any atom is 0.225 e. The molecule has 1 aromatic heterocycles. The second kappa shape index (κ2) is 6.82. The number of rotatable bonds is 5. The quantitative estimate of drug-likeness (QED) is 0.862. The summed E-state index contributed by atoms with van der Waals surface area (Å²) in [5.74, 6) is 0.864. The summed E-state index contributed by atoms with van der Waals surface area (Å²) in [5, 5.41) is 3.28. The van der Waals surface area contributed by atoms with Gasteiger partial charge in [0, 0.05) is 56.7 Å². The van der Waals surface area contributed by atoms with Crippen LogP contribution in [0.5, 0.6) is 0 Å². The third kappa shape index (κ3) is 3.88. The van der Waals surface area contributed by atoms with Crippen molar-refractivity contribution in [1.29, 1.82) is 0 Å². The number of anilines is 1. The van der Waals surface area contributed by atoms with Crippen molar-refractivity contribution in [3.05, 3.63) is 18.0 Å². The molecule has 1 saturated heterocycles. The molecule has 0 spiro atoms. The lowest BCUT2D eigenvalue weighted by Crippen LogP contribution is -2.49. The topological polar surface area (TPSA) is 44.3 Å². The van der Waals surface area contributed by atoms with Crippen LogP contribution in [0.15, 0.2) is 12.4 Å². The number of nitrogens with zero attached hydrogens (tertiary/aromatic N) is 4. The Kier molecular flexibility index (Phi) is 5.10. The normalized spacial score (nSPS) is 17.2. The minimum Gasteiger partial charge on any atom is -0.338 e. The predicted octanol–water partition coefficient (Wildman–Crippen LogP) is 1.12. The molecule has 0 bridgehead atoms. The maximum absolute atomic E-state index is 4.48. The summed E-state index contributed by atoms with van der Waals surface area (Å²) in [5.41, 5.74) is 1.14. The number of hydrogen-bond acceptors (Lipinski definition) is 5. The first-order valence-electron chi connectivity index (χ1n) is 7.21. The molecule has 5 nitrogen and oxygen atoms in total. The number of nitrogens with one attached hydrogen (secondary N) is 1. The van der Waals surface area contributed by atoms with Crippen LogP contribution >= 0.6 is 0 Å². The van der Waals surface area contributed by atoms with Crippen molar-refractivity contribution in [2.24, 2.45) is 0 Å². The molecular weight excluding hydrogens is 238 g/mol. The Morgan fingerprint density at radius 2 is 1.79 bits per heavy atom. The number of aromatic nitrogens is 2. The van der Waals surface area contributed by atoms with Crippen molar-refractivity contribution in [1.82, 2.24) is 20.2 Å². The summed E-state index contributed by atoms with van der Waals surface area (Å²) >= 11 is 0. The molecule has 2 rings (SSSR count). The van der Waals surface area contributed by atoms with Gasteiger partial charge in [0.25, 0.3) is 0 Å². The van der Waals surface area contributed by atoms with Crippen LogP contribution in [0.4, 0.5) is 5.95 Å². The van der Waals surface area contributed by atoms with E-state index in [-0.39, 0.29) is 0 Å². The molecule has 1 fully saturated rings. The molecule has 0 aromatic carbocycles. The minimum absolute atomic E-state index is 0.630. The van der Waals surface area contributed by atoms with Gasteiger partial charge in [-0.25, -0.2) is 9.97 Å². The molecule has 0 aliphatic carbocycles. The van der Waals surface area contributed by atoms with E-state index in [2.05, 4.69) is 45.9 Å². The fourth-order valence-electron chi connectivity index (χ4n) is 2.31. The maximum atomic E-state index is 4.48. The average molecular weight is 263 g/mol. The highest BCUT2D eigenvalue weighted by molar-refractivity contribution is 5.30. The summed E-state index contributed by atoms with van der Waals surface area (Å²) in [6, 6.07) is 0.630. The fourth-order valence-corrected chi connectivity index (χ4v) is 2.31. The predicted molar refractivity (Wildman–Crippen MR) is 78.3 cm³/mol. The molecule has 0 radical (unpaired) electrons. The van der Waals surface area contributed by atoms with Gasteiger partial charge >= 0.3 is 0 Å². The molecule has 1 aliphatic rings. The highest BCUT2D eigenvalue weighted by Crippen LogP contribution is 2.12. The first-order valence-corrected chi connectivity index (χ1v) is 7.21. The Bertz CT molecular complexity index is 368. The van der Waals surface area contributed by atoms with Gasteiger partial charge in [0.05, 0.1) is 0 Å². The first kappa shape index (κ1) is 14.2. The van der Waals surface area contributed by atoms with Crippen LogP contribution in [-0.2, 0) is 6.54 Å². The highest BCUT2D eigenvalue weighted by Gasteiger charge is 2.20. The van der Waals surface area contributed by atoms with E-state index in [0.717, 1.165) is 50.8 Å². The molecule has 0 amide bonds. The second-order valence-corrected chi connectivity index (χ2v) is 5.29. The summed E-state index contributed by atoms with van der Waals surface area (Å²) < 4.78 is 0. The summed E-state index contributed by atoms with van der Waals surface area (Å²) in [7, 11) is 0. The largest absolute Gasteiger partial charge is 0.338 e. The van der Waals surface area contributed by atoms with Crippen LogP contribution in [0.25, 0.3) is 0 Å². The van der Waals surface area contributed by atoms with Gasteiger partial charge in [0.2, 0.25) is 5.95 Å². The van der Waals surface area contributed by atoms with E-state index < -0.39 is 0 Å². The second-order valence-electron chi connectivity index (χ2n) is 5.29. The Labute approximate surface area is 116 Å². The highest BCUT2D eigenvalue weighted by atomic mass is 15.3. The van der Waals surface area contributed by atoms with Crippen molar-refractivity contribution in [2.75, 3.05) is 37.6 Å². The van der Waals surface area contributed by atoms with Crippen molar-refractivity contribution in [3.63, 3.8) is 0 Å². The SMILES string of the molecule is CCNCc1cnc(N2CCN(C(C)C)CC2)nc1. The number of piperazine rings is 1. The zero-order chi connectivity index (χ0) is 13.7. The molecule has 19 heavy (non-hydrogen) atoms. The van der Waals surface area contributed by atoms with E-state index in [1.165, 1.54) is 0 Å². The van der Waals surface area contributed by atoms with Crippen molar-refractivity contribution in [2.45, 2.75) is 33.4 Å². The Hall–Kier alpha value is -1.20. The summed E-state index contributed by atoms with van der Waals surface area (Å²) in [6.07, 6.45) is 3.86. The van der Waals surface area contributed by atoms with Gasteiger partial charge in [-0.3, -0.25) is 4.90 Å². The van der Waals surface area contributed by atoms with Crippen LogP contribution in [0, 0.1) is 0 Å². The summed E-state index contributed by atoms with van der Waals surface area (Å²) in [4.78, 5) is 13.7. The van der Waals surface area contributed by atoms with Gasteiger partial charge in [-0.2, -0.15) is 0 Å². The smallest absolute Gasteiger partial charge is 0.225 e. The van der Waals surface area contributed by atoms with Crippen molar-refractivity contribution >= 4 is 5.95 Å². The van der Waals surface area contributed by atoms with E-state index in [1.54, 1.807) is 0 Å². The molecule has 0 unspecified atom stereocenters. The zero-order valence-corrected chi connectivity index (χ0v) is 12.3. The van der Waals surface area contributed by atoms with Crippen molar-refractivity contribution in [3.8, 4) is 0 Å². The number of hydrogen-bond donors (Lipinski definition) is 1. The summed E-state index contributed by atoms with van der Waals surface area (Å²) in [6.45, 7) is 12.7. The molecule has 0 atom stereocenters. The average Bonchev–Trinajstić information content (AvgIpc) is 2.46. The minimum atomic E-state index is 0.630.